The Morgan fingerprint density at radius 2 is 1.68 bits per heavy atom. The molecule has 2 amide bonds. The molecule has 0 saturated carbocycles. The molecule has 0 aliphatic carbocycles. The SMILES string of the molecule is CCCCNC(=O)[C@@H](CC)N(Cc1ccccc1Cl)C(=O)CN(c1ccc(Cl)cc1)S(C)(=O)=O. The molecule has 0 aromatic heterocycles. The zero-order chi connectivity index (χ0) is 25.3. The summed E-state index contributed by atoms with van der Waals surface area (Å²) >= 11 is 12.3. The Hall–Kier alpha value is -2.29. The van der Waals surface area contributed by atoms with E-state index >= 15 is 0 Å². The smallest absolute Gasteiger partial charge is 0.244 e. The molecule has 0 bridgehead atoms. The van der Waals surface area contributed by atoms with Crippen molar-refractivity contribution in [1.82, 2.24) is 10.2 Å². The Morgan fingerprint density at radius 1 is 1.03 bits per heavy atom. The molecule has 0 radical (unpaired) electrons. The van der Waals surface area contributed by atoms with Gasteiger partial charge in [0.25, 0.3) is 0 Å². The van der Waals surface area contributed by atoms with Crippen LogP contribution in [0.5, 0.6) is 0 Å². The van der Waals surface area contributed by atoms with E-state index in [-0.39, 0.29) is 12.5 Å². The van der Waals surface area contributed by atoms with E-state index in [0.717, 1.165) is 23.4 Å². The molecule has 2 aromatic carbocycles. The van der Waals surface area contributed by atoms with Crippen LogP contribution in [0, 0.1) is 0 Å². The van der Waals surface area contributed by atoms with Crippen molar-refractivity contribution in [3.63, 3.8) is 0 Å². The second kappa shape index (κ2) is 13.0. The van der Waals surface area contributed by atoms with E-state index in [0.29, 0.717) is 34.3 Å². The molecule has 1 N–H and O–H groups in total. The van der Waals surface area contributed by atoms with Gasteiger partial charge < -0.3 is 10.2 Å². The van der Waals surface area contributed by atoms with Gasteiger partial charge in [-0.25, -0.2) is 8.42 Å². The summed E-state index contributed by atoms with van der Waals surface area (Å²) in [4.78, 5) is 27.9. The van der Waals surface area contributed by atoms with Crippen LogP contribution in [0.25, 0.3) is 0 Å². The summed E-state index contributed by atoms with van der Waals surface area (Å²) in [6.45, 7) is 3.93. The van der Waals surface area contributed by atoms with E-state index in [1.807, 2.05) is 13.8 Å². The van der Waals surface area contributed by atoms with Crippen molar-refractivity contribution in [3.05, 3.63) is 64.1 Å². The molecule has 0 aliphatic rings. The third kappa shape index (κ3) is 7.89. The molecule has 10 heteroatoms. The minimum Gasteiger partial charge on any atom is -0.354 e. The first-order valence-corrected chi connectivity index (χ1v) is 13.7. The lowest BCUT2D eigenvalue weighted by Crippen LogP contribution is -2.52. The van der Waals surface area contributed by atoms with E-state index in [9.17, 15) is 18.0 Å². The second-order valence-electron chi connectivity index (χ2n) is 7.93. The Kier molecular flexibility index (Phi) is 10.7. The minimum absolute atomic E-state index is 0.0659. The van der Waals surface area contributed by atoms with Crippen LogP contribution in [0.2, 0.25) is 10.0 Å². The third-order valence-electron chi connectivity index (χ3n) is 5.31. The van der Waals surface area contributed by atoms with Crippen LogP contribution in [0.4, 0.5) is 5.69 Å². The topological polar surface area (TPSA) is 86.8 Å². The molecular weight excluding hydrogens is 497 g/mol. The number of anilines is 1. The molecule has 186 valence electrons. The highest BCUT2D eigenvalue weighted by Crippen LogP contribution is 2.23. The number of carbonyl (C=O) groups excluding carboxylic acids is 2. The molecule has 0 heterocycles. The van der Waals surface area contributed by atoms with Gasteiger partial charge in [0.15, 0.2) is 0 Å². The molecule has 0 saturated heterocycles. The van der Waals surface area contributed by atoms with Gasteiger partial charge in [0, 0.05) is 23.1 Å². The molecule has 2 aromatic rings. The van der Waals surface area contributed by atoms with Crippen LogP contribution >= 0.6 is 23.2 Å². The first-order chi connectivity index (χ1) is 16.1. The number of rotatable bonds is 12. The predicted octanol–water partition coefficient (Wildman–Crippen LogP) is 4.48. The lowest BCUT2D eigenvalue weighted by molar-refractivity contribution is -0.140. The highest BCUT2D eigenvalue weighted by molar-refractivity contribution is 7.92. The Labute approximate surface area is 212 Å². The number of carbonyl (C=O) groups is 2. The van der Waals surface area contributed by atoms with E-state index in [2.05, 4.69) is 5.32 Å². The fourth-order valence-electron chi connectivity index (χ4n) is 3.46. The summed E-state index contributed by atoms with van der Waals surface area (Å²) in [5.74, 6) is -0.800. The Morgan fingerprint density at radius 3 is 2.24 bits per heavy atom. The summed E-state index contributed by atoms with van der Waals surface area (Å²) in [6.07, 6.45) is 3.12. The number of unbranched alkanes of at least 4 members (excludes halogenated alkanes) is 1. The highest BCUT2D eigenvalue weighted by atomic mass is 35.5. The number of nitrogens with one attached hydrogen (secondary N) is 1. The van der Waals surface area contributed by atoms with E-state index < -0.39 is 28.5 Å². The first-order valence-electron chi connectivity index (χ1n) is 11.1. The van der Waals surface area contributed by atoms with E-state index in [1.165, 1.54) is 17.0 Å². The van der Waals surface area contributed by atoms with Crippen LogP contribution in [0.1, 0.15) is 38.7 Å². The molecule has 2 rings (SSSR count). The number of hydrogen-bond donors (Lipinski definition) is 1. The number of amides is 2. The van der Waals surface area contributed by atoms with Gasteiger partial charge in [0.05, 0.1) is 11.9 Å². The van der Waals surface area contributed by atoms with Crippen molar-refractivity contribution >= 4 is 50.7 Å². The summed E-state index contributed by atoms with van der Waals surface area (Å²) in [6, 6.07) is 12.4. The van der Waals surface area contributed by atoms with Gasteiger partial charge in [-0.1, -0.05) is 61.7 Å². The minimum atomic E-state index is -3.79. The van der Waals surface area contributed by atoms with Gasteiger partial charge in [-0.3, -0.25) is 13.9 Å². The molecule has 0 spiro atoms. The predicted molar refractivity (Wildman–Crippen MR) is 138 cm³/mol. The largest absolute Gasteiger partial charge is 0.354 e. The fourth-order valence-corrected chi connectivity index (χ4v) is 4.63. The molecule has 34 heavy (non-hydrogen) atoms. The van der Waals surface area contributed by atoms with Crippen molar-refractivity contribution in [2.75, 3.05) is 23.7 Å². The summed E-state index contributed by atoms with van der Waals surface area (Å²) in [5.41, 5.74) is 0.966. The lowest BCUT2D eigenvalue weighted by atomic mass is 10.1. The Bertz CT molecular complexity index is 1080. The molecule has 7 nitrogen and oxygen atoms in total. The van der Waals surface area contributed by atoms with Gasteiger partial charge in [0.1, 0.15) is 12.6 Å². The van der Waals surface area contributed by atoms with Crippen molar-refractivity contribution in [3.8, 4) is 0 Å². The van der Waals surface area contributed by atoms with Gasteiger partial charge >= 0.3 is 0 Å². The first kappa shape index (κ1) is 28.0. The summed E-state index contributed by atoms with van der Waals surface area (Å²) in [7, 11) is -3.79. The monoisotopic (exact) mass is 527 g/mol. The molecule has 1 atom stereocenters. The average Bonchev–Trinajstić information content (AvgIpc) is 2.78. The van der Waals surface area contributed by atoms with Gasteiger partial charge in [-0.05, 0) is 48.7 Å². The zero-order valence-electron chi connectivity index (χ0n) is 19.6. The number of sulfonamides is 1. The van der Waals surface area contributed by atoms with E-state index in [4.69, 9.17) is 23.2 Å². The summed E-state index contributed by atoms with van der Waals surface area (Å²) < 4.78 is 26.1. The van der Waals surface area contributed by atoms with Crippen molar-refractivity contribution in [2.24, 2.45) is 0 Å². The summed E-state index contributed by atoms with van der Waals surface area (Å²) in [5, 5.41) is 3.78. The second-order valence-corrected chi connectivity index (χ2v) is 10.7. The maximum atomic E-state index is 13.6. The molecule has 0 fully saturated rings. The van der Waals surface area contributed by atoms with Crippen molar-refractivity contribution < 1.29 is 18.0 Å². The third-order valence-corrected chi connectivity index (χ3v) is 7.07. The quantitative estimate of drug-likeness (QED) is 0.412. The molecule has 0 unspecified atom stereocenters. The van der Waals surface area contributed by atoms with Gasteiger partial charge in [0.2, 0.25) is 21.8 Å². The zero-order valence-corrected chi connectivity index (χ0v) is 22.0. The fraction of sp³-hybridized carbons (Fsp3) is 0.417. The number of hydrogen-bond acceptors (Lipinski definition) is 4. The van der Waals surface area contributed by atoms with Crippen LogP contribution in [0.3, 0.4) is 0 Å². The number of nitrogens with zero attached hydrogens (tertiary/aromatic N) is 2. The van der Waals surface area contributed by atoms with Crippen LogP contribution in [0.15, 0.2) is 48.5 Å². The van der Waals surface area contributed by atoms with Crippen LogP contribution in [-0.2, 0) is 26.2 Å². The maximum Gasteiger partial charge on any atom is 0.244 e. The van der Waals surface area contributed by atoms with Crippen LogP contribution in [-0.4, -0.2) is 50.5 Å². The number of halogens is 2. The van der Waals surface area contributed by atoms with Crippen molar-refractivity contribution in [1.29, 1.82) is 0 Å². The Balaban J connectivity index is 2.40. The van der Waals surface area contributed by atoms with Crippen molar-refractivity contribution in [2.45, 2.75) is 45.7 Å². The molecule has 0 aliphatic heterocycles. The highest BCUT2D eigenvalue weighted by Gasteiger charge is 2.31. The van der Waals surface area contributed by atoms with E-state index in [1.54, 1.807) is 36.4 Å². The maximum absolute atomic E-state index is 13.6. The normalized spacial score (nSPS) is 12.1. The van der Waals surface area contributed by atoms with Gasteiger partial charge in [-0.15, -0.1) is 0 Å². The number of benzene rings is 2. The average molecular weight is 529 g/mol. The standard InChI is InChI=1S/C24H31Cl2N3O4S/c1-4-6-15-27-24(31)22(5-2)28(16-18-9-7-8-10-21(18)26)23(30)17-29(34(3,32)33)20-13-11-19(25)12-14-20/h7-14,22H,4-6,15-17H2,1-3H3,(H,27,31)/t22-/m1/s1. The van der Waals surface area contributed by atoms with Gasteiger partial charge in [-0.2, -0.15) is 0 Å². The van der Waals surface area contributed by atoms with Crippen LogP contribution < -0.4 is 9.62 Å². The lowest BCUT2D eigenvalue weighted by Gasteiger charge is -2.33. The molecular formula is C24H31Cl2N3O4S.